The third-order valence-corrected chi connectivity index (χ3v) is 2.64. The Hall–Kier alpha value is -2.96. The summed E-state index contributed by atoms with van der Waals surface area (Å²) in [4.78, 5) is 25.8. The standard InChI is InChI=1S/C14H11FN2O4.C2H6/c15-10-3-1-2-8(4-10)9-5-11(18)13(16-6-9)14(21)17-7-12(19)20;1-2/h1-6,18H,7H2,(H,17,21)(H,19,20);1-2H3. The van der Waals surface area contributed by atoms with Crippen LogP contribution in [-0.2, 0) is 4.79 Å². The fraction of sp³-hybridized carbons (Fsp3) is 0.188. The lowest BCUT2D eigenvalue weighted by molar-refractivity contribution is -0.135. The first kappa shape index (κ1) is 18.1. The number of aromatic nitrogens is 1. The number of hydrogen-bond donors (Lipinski definition) is 3. The number of pyridine rings is 1. The first-order valence-electron chi connectivity index (χ1n) is 6.92. The van der Waals surface area contributed by atoms with Crippen LogP contribution in [0.1, 0.15) is 24.3 Å². The second kappa shape index (κ2) is 8.47. The Kier molecular flexibility index (Phi) is 6.67. The summed E-state index contributed by atoms with van der Waals surface area (Å²) in [5, 5.41) is 20.3. The number of carboxylic acid groups (broad SMARTS) is 1. The highest BCUT2D eigenvalue weighted by atomic mass is 19.1. The Bertz CT molecular complexity index is 704. The summed E-state index contributed by atoms with van der Waals surface area (Å²) in [5.74, 6) is -2.87. The molecule has 0 bridgehead atoms. The zero-order valence-corrected chi connectivity index (χ0v) is 12.7. The maximum atomic E-state index is 13.1. The molecular weight excluding hydrogens is 303 g/mol. The number of aromatic hydroxyl groups is 1. The average Bonchev–Trinajstić information content (AvgIpc) is 2.54. The molecule has 0 unspecified atom stereocenters. The predicted octanol–water partition coefficient (Wildman–Crippen LogP) is 2.43. The van der Waals surface area contributed by atoms with Gasteiger partial charge < -0.3 is 15.5 Å². The van der Waals surface area contributed by atoms with Gasteiger partial charge >= 0.3 is 5.97 Å². The normalized spacial score (nSPS) is 9.52. The van der Waals surface area contributed by atoms with Gasteiger partial charge in [0.2, 0.25) is 0 Å². The van der Waals surface area contributed by atoms with Crippen molar-refractivity contribution in [1.82, 2.24) is 10.3 Å². The van der Waals surface area contributed by atoms with E-state index in [1.54, 1.807) is 6.07 Å². The SMILES string of the molecule is CC.O=C(O)CNC(=O)c1ncc(-c2cccc(F)c2)cc1O. The average molecular weight is 320 g/mol. The van der Waals surface area contributed by atoms with Crippen molar-refractivity contribution in [3.05, 3.63) is 48.0 Å². The molecule has 1 aromatic carbocycles. The monoisotopic (exact) mass is 320 g/mol. The van der Waals surface area contributed by atoms with Crippen LogP contribution in [0.15, 0.2) is 36.5 Å². The molecule has 122 valence electrons. The molecule has 1 aromatic heterocycles. The van der Waals surface area contributed by atoms with Crippen LogP contribution in [0.4, 0.5) is 4.39 Å². The number of rotatable bonds is 4. The first-order valence-corrected chi connectivity index (χ1v) is 6.92. The molecule has 0 spiro atoms. The number of benzene rings is 1. The van der Waals surface area contributed by atoms with Crippen LogP contribution in [0, 0.1) is 5.82 Å². The van der Waals surface area contributed by atoms with E-state index in [0.717, 1.165) is 0 Å². The minimum atomic E-state index is -1.21. The number of aliphatic carboxylic acids is 1. The van der Waals surface area contributed by atoms with Gasteiger partial charge in [-0.05, 0) is 23.8 Å². The number of halogens is 1. The van der Waals surface area contributed by atoms with Crippen LogP contribution >= 0.6 is 0 Å². The van der Waals surface area contributed by atoms with Gasteiger partial charge in [-0.15, -0.1) is 0 Å². The van der Waals surface area contributed by atoms with Crippen molar-refractivity contribution in [1.29, 1.82) is 0 Å². The number of nitrogens with one attached hydrogen (secondary N) is 1. The topological polar surface area (TPSA) is 99.5 Å². The number of carbonyl (C=O) groups excluding carboxylic acids is 1. The van der Waals surface area contributed by atoms with E-state index in [0.29, 0.717) is 11.1 Å². The molecule has 1 amide bonds. The number of nitrogens with zero attached hydrogens (tertiary/aromatic N) is 1. The quantitative estimate of drug-likeness (QED) is 0.803. The molecule has 3 N–H and O–H groups in total. The summed E-state index contributed by atoms with van der Waals surface area (Å²) >= 11 is 0. The molecule has 23 heavy (non-hydrogen) atoms. The van der Waals surface area contributed by atoms with E-state index in [9.17, 15) is 19.1 Å². The van der Waals surface area contributed by atoms with Gasteiger partial charge in [-0.1, -0.05) is 26.0 Å². The van der Waals surface area contributed by atoms with E-state index in [-0.39, 0.29) is 5.69 Å². The van der Waals surface area contributed by atoms with Crippen molar-refractivity contribution in [3.63, 3.8) is 0 Å². The Morgan fingerprint density at radius 3 is 2.48 bits per heavy atom. The molecule has 7 heteroatoms. The van der Waals surface area contributed by atoms with E-state index in [2.05, 4.69) is 10.3 Å². The molecule has 6 nitrogen and oxygen atoms in total. The highest BCUT2D eigenvalue weighted by molar-refractivity contribution is 5.96. The summed E-state index contributed by atoms with van der Waals surface area (Å²) in [6, 6.07) is 6.95. The highest BCUT2D eigenvalue weighted by Gasteiger charge is 2.14. The smallest absolute Gasteiger partial charge is 0.322 e. The molecule has 0 fully saturated rings. The Morgan fingerprint density at radius 2 is 1.91 bits per heavy atom. The van der Waals surface area contributed by atoms with E-state index in [1.807, 2.05) is 13.8 Å². The summed E-state index contributed by atoms with van der Waals surface area (Å²) in [6.45, 7) is 3.42. The summed E-state index contributed by atoms with van der Waals surface area (Å²) in [7, 11) is 0. The molecule has 0 aliphatic rings. The number of hydrogen-bond acceptors (Lipinski definition) is 4. The van der Waals surface area contributed by atoms with Crippen molar-refractivity contribution in [2.45, 2.75) is 13.8 Å². The van der Waals surface area contributed by atoms with Gasteiger partial charge in [0, 0.05) is 11.8 Å². The molecule has 2 rings (SSSR count). The molecule has 0 aliphatic heterocycles. The molecule has 0 radical (unpaired) electrons. The molecule has 0 atom stereocenters. The largest absolute Gasteiger partial charge is 0.505 e. The fourth-order valence-corrected chi connectivity index (χ4v) is 1.69. The lowest BCUT2D eigenvalue weighted by atomic mass is 10.1. The van der Waals surface area contributed by atoms with Gasteiger partial charge in [0.25, 0.3) is 5.91 Å². The second-order valence-electron chi connectivity index (χ2n) is 4.18. The van der Waals surface area contributed by atoms with Gasteiger partial charge in [-0.3, -0.25) is 9.59 Å². The zero-order valence-electron chi connectivity index (χ0n) is 12.7. The van der Waals surface area contributed by atoms with Crippen LogP contribution < -0.4 is 5.32 Å². The fourth-order valence-electron chi connectivity index (χ4n) is 1.69. The maximum Gasteiger partial charge on any atom is 0.322 e. The van der Waals surface area contributed by atoms with Crippen molar-refractivity contribution >= 4 is 11.9 Å². The van der Waals surface area contributed by atoms with Crippen molar-refractivity contribution < 1.29 is 24.2 Å². The Labute approximate surface area is 132 Å². The van der Waals surface area contributed by atoms with E-state index >= 15 is 0 Å². The second-order valence-corrected chi connectivity index (χ2v) is 4.18. The zero-order chi connectivity index (χ0) is 17.4. The van der Waals surface area contributed by atoms with Crippen LogP contribution in [0.2, 0.25) is 0 Å². The van der Waals surface area contributed by atoms with Crippen molar-refractivity contribution in [2.75, 3.05) is 6.54 Å². The highest BCUT2D eigenvalue weighted by Crippen LogP contribution is 2.25. The van der Waals surface area contributed by atoms with Crippen LogP contribution in [0.25, 0.3) is 11.1 Å². The molecule has 1 heterocycles. The van der Waals surface area contributed by atoms with Gasteiger partial charge in [0.15, 0.2) is 5.69 Å². The molecular formula is C16H17FN2O4. The van der Waals surface area contributed by atoms with E-state index in [1.165, 1.54) is 30.5 Å². The van der Waals surface area contributed by atoms with Crippen LogP contribution in [0.5, 0.6) is 5.75 Å². The molecule has 0 saturated carbocycles. The van der Waals surface area contributed by atoms with Gasteiger partial charge in [-0.25, -0.2) is 9.37 Å². The van der Waals surface area contributed by atoms with E-state index < -0.39 is 30.0 Å². The molecule has 0 saturated heterocycles. The Balaban J connectivity index is 0.00000127. The summed E-state index contributed by atoms with van der Waals surface area (Å²) < 4.78 is 13.1. The lowest BCUT2D eigenvalue weighted by Crippen LogP contribution is -2.29. The van der Waals surface area contributed by atoms with Gasteiger partial charge in [-0.2, -0.15) is 0 Å². The molecule has 2 aromatic rings. The number of amides is 1. The number of carbonyl (C=O) groups is 2. The van der Waals surface area contributed by atoms with Gasteiger partial charge in [0.1, 0.15) is 18.1 Å². The third-order valence-electron chi connectivity index (χ3n) is 2.64. The minimum absolute atomic E-state index is 0.295. The maximum absolute atomic E-state index is 13.1. The van der Waals surface area contributed by atoms with Crippen molar-refractivity contribution in [3.8, 4) is 16.9 Å². The van der Waals surface area contributed by atoms with Gasteiger partial charge in [0.05, 0.1) is 0 Å². The number of carboxylic acids is 1. The Morgan fingerprint density at radius 1 is 1.22 bits per heavy atom. The predicted molar refractivity (Wildman–Crippen MR) is 82.6 cm³/mol. The van der Waals surface area contributed by atoms with Crippen LogP contribution in [-0.4, -0.2) is 33.6 Å². The summed E-state index contributed by atoms with van der Waals surface area (Å²) in [5.41, 5.74) is 0.633. The lowest BCUT2D eigenvalue weighted by Gasteiger charge is -2.07. The van der Waals surface area contributed by atoms with Crippen LogP contribution in [0.3, 0.4) is 0 Å². The van der Waals surface area contributed by atoms with E-state index in [4.69, 9.17) is 5.11 Å². The minimum Gasteiger partial charge on any atom is -0.505 e. The molecule has 0 aliphatic carbocycles. The third kappa shape index (κ3) is 5.06. The first-order chi connectivity index (χ1) is 11.0. The van der Waals surface area contributed by atoms with Crippen molar-refractivity contribution in [2.24, 2.45) is 0 Å². The summed E-state index contributed by atoms with van der Waals surface area (Å²) in [6.07, 6.45) is 1.30.